The van der Waals surface area contributed by atoms with Crippen LogP contribution < -0.4 is 4.90 Å². The van der Waals surface area contributed by atoms with Gasteiger partial charge in [-0.3, -0.25) is 4.79 Å². The quantitative estimate of drug-likeness (QED) is 0.413. The molecule has 0 N–H and O–H groups in total. The van der Waals surface area contributed by atoms with Crippen molar-refractivity contribution in [3.8, 4) is 0 Å². The van der Waals surface area contributed by atoms with Crippen molar-refractivity contribution in [3.05, 3.63) is 29.8 Å². The Balaban J connectivity index is 2.23. The summed E-state index contributed by atoms with van der Waals surface area (Å²) < 4.78 is 0. The van der Waals surface area contributed by atoms with Gasteiger partial charge in [0, 0.05) is 12.2 Å². The molecule has 1 aromatic rings. The maximum Gasteiger partial charge on any atom is 0.214 e. The van der Waals surface area contributed by atoms with E-state index in [0.717, 1.165) is 25.1 Å². The van der Waals surface area contributed by atoms with Crippen LogP contribution in [0.25, 0.3) is 0 Å². The number of hydrogen-bond donors (Lipinski definition) is 0. The molecule has 0 fully saturated rings. The summed E-state index contributed by atoms with van der Waals surface area (Å²) in [6.07, 6.45) is 11.5. The monoisotopic (exact) mass is 275 g/mol. The zero-order valence-corrected chi connectivity index (χ0v) is 13.1. The summed E-state index contributed by atoms with van der Waals surface area (Å²) in [5.41, 5.74) is 2.37. The van der Waals surface area contributed by atoms with Crippen molar-refractivity contribution >= 4 is 12.1 Å². The summed E-state index contributed by atoms with van der Waals surface area (Å²) in [6, 6.07) is 8.40. The summed E-state index contributed by atoms with van der Waals surface area (Å²) in [6.45, 7) is 4.97. The van der Waals surface area contributed by atoms with Gasteiger partial charge in [-0.25, -0.2) is 0 Å². The number of unbranched alkanes of at least 4 members (excludes halogenated alkanes) is 6. The van der Waals surface area contributed by atoms with E-state index in [1.165, 1.54) is 50.5 Å². The second kappa shape index (κ2) is 10.5. The molecule has 2 heteroatoms. The third-order valence-electron chi connectivity index (χ3n) is 3.80. The smallest absolute Gasteiger partial charge is 0.214 e. The van der Waals surface area contributed by atoms with E-state index >= 15 is 0 Å². The van der Waals surface area contributed by atoms with Crippen molar-refractivity contribution in [2.45, 2.75) is 65.2 Å². The number of hydrogen-bond acceptors (Lipinski definition) is 1. The molecule has 0 heterocycles. The number of nitrogens with zero attached hydrogens (tertiary/aromatic N) is 1. The highest BCUT2D eigenvalue weighted by Crippen LogP contribution is 2.16. The number of anilines is 1. The molecule has 0 spiro atoms. The highest BCUT2D eigenvalue weighted by molar-refractivity contribution is 5.74. The van der Waals surface area contributed by atoms with Gasteiger partial charge in [0.1, 0.15) is 0 Å². The van der Waals surface area contributed by atoms with Crippen LogP contribution in [-0.2, 0) is 11.2 Å². The number of carbonyl (C=O) groups is 1. The molecule has 0 saturated heterocycles. The lowest BCUT2D eigenvalue weighted by atomic mass is 10.0. The van der Waals surface area contributed by atoms with Crippen molar-refractivity contribution in [1.82, 2.24) is 0 Å². The van der Waals surface area contributed by atoms with Crippen LogP contribution in [0.5, 0.6) is 0 Å². The van der Waals surface area contributed by atoms with Crippen LogP contribution >= 0.6 is 0 Å². The molecule has 1 rings (SSSR count). The van der Waals surface area contributed by atoms with Crippen molar-refractivity contribution in [2.24, 2.45) is 0 Å². The first kappa shape index (κ1) is 16.7. The lowest BCUT2D eigenvalue weighted by Gasteiger charge is -2.15. The molecule has 0 saturated carbocycles. The Morgan fingerprint density at radius 2 is 1.50 bits per heavy atom. The Kier molecular flexibility index (Phi) is 8.77. The highest BCUT2D eigenvalue weighted by Gasteiger charge is 2.01. The maximum atomic E-state index is 10.9. The van der Waals surface area contributed by atoms with E-state index < -0.39 is 0 Å². The van der Waals surface area contributed by atoms with Gasteiger partial charge in [-0.15, -0.1) is 0 Å². The lowest BCUT2D eigenvalue weighted by Crippen LogP contribution is -2.19. The first-order valence-electron chi connectivity index (χ1n) is 8.12. The van der Waals surface area contributed by atoms with E-state index in [1.807, 2.05) is 6.92 Å². The molecule has 0 bridgehead atoms. The summed E-state index contributed by atoms with van der Waals surface area (Å²) in [7, 11) is 0. The van der Waals surface area contributed by atoms with E-state index in [2.05, 4.69) is 31.2 Å². The van der Waals surface area contributed by atoms with Gasteiger partial charge in [-0.1, -0.05) is 57.6 Å². The zero-order valence-electron chi connectivity index (χ0n) is 13.1. The van der Waals surface area contributed by atoms with Crippen LogP contribution in [0.2, 0.25) is 0 Å². The molecule has 0 aliphatic carbocycles. The van der Waals surface area contributed by atoms with Gasteiger partial charge < -0.3 is 4.90 Å². The predicted molar refractivity (Wildman–Crippen MR) is 87.2 cm³/mol. The standard InChI is InChI=1S/C18H29NO/c1-3-5-6-7-8-9-10-11-17-12-14-18(15-13-17)19(4-2)16-20/h12-16H,3-11H2,1-2H3. The fourth-order valence-corrected chi connectivity index (χ4v) is 2.46. The molecule has 20 heavy (non-hydrogen) atoms. The summed E-state index contributed by atoms with van der Waals surface area (Å²) in [4.78, 5) is 12.6. The topological polar surface area (TPSA) is 20.3 Å². The average molecular weight is 275 g/mol. The van der Waals surface area contributed by atoms with Gasteiger partial charge in [0.25, 0.3) is 0 Å². The van der Waals surface area contributed by atoms with Gasteiger partial charge in [0.2, 0.25) is 6.41 Å². The molecular formula is C18H29NO. The van der Waals surface area contributed by atoms with Crippen LogP contribution in [0.1, 0.15) is 64.4 Å². The van der Waals surface area contributed by atoms with E-state index in [0.29, 0.717) is 0 Å². The van der Waals surface area contributed by atoms with Crippen molar-refractivity contribution < 1.29 is 4.79 Å². The Bertz CT molecular complexity index is 358. The molecule has 0 aliphatic heterocycles. The number of rotatable bonds is 11. The minimum absolute atomic E-state index is 0.723. The predicted octanol–water partition coefficient (Wildman–Crippen LogP) is 4.96. The molecule has 0 aliphatic rings. The molecule has 1 aromatic carbocycles. The third kappa shape index (κ3) is 6.23. The molecule has 2 nitrogen and oxygen atoms in total. The number of aryl methyl sites for hydroxylation is 1. The first-order chi connectivity index (χ1) is 9.81. The van der Waals surface area contributed by atoms with Gasteiger partial charge in [0.15, 0.2) is 0 Å². The molecule has 112 valence electrons. The number of amides is 1. The van der Waals surface area contributed by atoms with Gasteiger partial charge in [-0.05, 0) is 37.5 Å². The Morgan fingerprint density at radius 3 is 2.05 bits per heavy atom. The van der Waals surface area contributed by atoms with Gasteiger partial charge in [0.05, 0.1) is 0 Å². The van der Waals surface area contributed by atoms with Crippen LogP contribution in [0.15, 0.2) is 24.3 Å². The van der Waals surface area contributed by atoms with Crippen LogP contribution in [0, 0.1) is 0 Å². The highest BCUT2D eigenvalue weighted by atomic mass is 16.1. The molecular weight excluding hydrogens is 246 g/mol. The Morgan fingerprint density at radius 1 is 0.900 bits per heavy atom. The molecule has 0 unspecified atom stereocenters. The molecule has 0 atom stereocenters. The largest absolute Gasteiger partial charge is 0.315 e. The third-order valence-corrected chi connectivity index (χ3v) is 3.80. The normalized spacial score (nSPS) is 10.5. The maximum absolute atomic E-state index is 10.9. The first-order valence-corrected chi connectivity index (χ1v) is 8.12. The van der Waals surface area contributed by atoms with Crippen LogP contribution in [0.4, 0.5) is 5.69 Å². The van der Waals surface area contributed by atoms with Gasteiger partial charge in [-0.2, -0.15) is 0 Å². The van der Waals surface area contributed by atoms with Crippen molar-refractivity contribution in [1.29, 1.82) is 0 Å². The van der Waals surface area contributed by atoms with Gasteiger partial charge >= 0.3 is 0 Å². The summed E-state index contributed by atoms with van der Waals surface area (Å²) in [5, 5.41) is 0. The Labute approximate surface area is 124 Å². The lowest BCUT2D eigenvalue weighted by molar-refractivity contribution is -0.107. The van der Waals surface area contributed by atoms with E-state index in [-0.39, 0.29) is 0 Å². The molecule has 1 amide bonds. The molecule has 0 radical (unpaired) electrons. The summed E-state index contributed by atoms with van der Waals surface area (Å²) in [5.74, 6) is 0. The fraction of sp³-hybridized carbons (Fsp3) is 0.611. The molecule has 0 aromatic heterocycles. The second-order valence-electron chi connectivity index (χ2n) is 5.43. The SMILES string of the molecule is CCCCCCCCCc1ccc(N(C=O)CC)cc1. The van der Waals surface area contributed by atoms with Crippen molar-refractivity contribution in [3.63, 3.8) is 0 Å². The van der Waals surface area contributed by atoms with Crippen LogP contribution in [0.3, 0.4) is 0 Å². The van der Waals surface area contributed by atoms with Crippen LogP contribution in [-0.4, -0.2) is 13.0 Å². The number of carbonyl (C=O) groups excluding carboxylic acids is 1. The van der Waals surface area contributed by atoms with E-state index in [4.69, 9.17) is 0 Å². The Hall–Kier alpha value is -1.31. The second-order valence-corrected chi connectivity index (χ2v) is 5.43. The zero-order chi connectivity index (χ0) is 14.6. The summed E-state index contributed by atoms with van der Waals surface area (Å²) >= 11 is 0. The van der Waals surface area contributed by atoms with E-state index in [9.17, 15) is 4.79 Å². The average Bonchev–Trinajstić information content (AvgIpc) is 2.49. The minimum Gasteiger partial charge on any atom is -0.315 e. The van der Waals surface area contributed by atoms with E-state index in [1.54, 1.807) is 4.90 Å². The minimum atomic E-state index is 0.723. The van der Waals surface area contributed by atoms with Crippen molar-refractivity contribution in [2.75, 3.05) is 11.4 Å². The number of benzene rings is 1. The fourth-order valence-electron chi connectivity index (χ4n) is 2.46.